The van der Waals surface area contributed by atoms with E-state index in [9.17, 15) is 0 Å². The SMILES string of the molecule is CC(C)NCc1cccc(Br)c1OCc1ncccn1. The zero-order valence-corrected chi connectivity index (χ0v) is 13.2. The van der Waals surface area contributed by atoms with Crippen LogP contribution in [-0.2, 0) is 13.2 Å². The summed E-state index contributed by atoms with van der Waals surface area (Å²) in [5.41, 5.74) is 1.11. The molecular weight excluding hydrogens is 318 g/mol. The molecule has 0 unspecified atom stereocenters. The number of aromatic nitrogens is 2. The maximum atomic E-state index is 5.87. The molecule has 2 aromatic rings. The molecule has 0 amide bonds. The Morgan fingerprint density at radius 3 is 2.65 bits per heavy atom. The molecule has 1 aromatic carbocycles. The van der Waals surface area contributed by atoms with Crippen LogP contribution in [0.4, 0.5) is 0 Å². The Hall–Kier alpha value is -1.46. The third-order valence-corrected chi connectivity index (χ3v) is 3.34. The van der Waals surface area contributed by atoms with Gasteiger partial charge in [0.1, 0.15) is 12.4 Å². The number of hydrogen-bond acceptors (Lipinski definition) is 4. The summed E-state index contributed by atoms with van der Waals surface area (Å²) in [6.07, 6.45) is 3.43. The van der Waals surface area contributed by atoms with Crippen LogP contribution in [0.3, 0.4) is 0 Å². The normalized spacial score (nSPS) is 10.8. The lowest BCUT2D eigenvalue weighted by Gasteiger charge is -2.14. The lowest BCUT2D eigenvalue weighted by Crippen LogP contribution is -2.22. The summed E-state index contributed by atoms with van der Waals surface area (Å²) in [6, 6.07) is 8.26. The second-order valence-electron chi connectivity index (χ2n) is 4.72. The Kier molecular flexibility index (Phi) is 5.49. The standard InChI is InChI=1S/C15H18BrN3O/c1-11(2)19-9-12-5-3-6-13(16)15(12)20-10-14-17-7-4-8-18-14/h3-8,11,19H,9-10H2,1-2H3. The van der Waals surface area contributed by atoms with Gasteiger partial charge in [0, 0.05) is 30.5 Å². The summed E-state index contributed by atoms with van der Waals surface area (Å²) >= 11 is 3.53. The second kappa shape index (κ2) is 7.36. The van der Waals surface area contributed by atoms with E-state index in [1.807, 2.05) is 12.1 Å². The molecule has 0 atom stereocenters. The minimum Gasteiger partial charge on any atom is -0.484 e. The van der Waals surface area contributed by atoms with Crippen LogP contribution in [0.15, 0.2) is 41.1 Å². The van der Waals surface area contributed by atoms with Crippen LogP contribution in [0.25, 0.3) is 0 Å². The van der Waals surface area contributed by atoms with E-state index in [1.54, 1.807) is 18.5 Å². The Morgan fingerprint density at radius 1 is 1.20 bits per heavy atom. The van der Waals surface area contributed by atoms with Gasteiger partial charge >= 0.3 is 0 Å². The molecule has 0 bridgehead atoms. The molecule has 0 aliphatic heterocycles. The van der Waals surface area contributed by atoms with Crippen LogP contribution in [0.2, 0.25) is 0 Å². The topological polar surface area (TPSA) is 47.0 Å². The lowest BCUT2D eigenvalue weighted by atomic mass is 10.2. The minimum absolute atomic E-state index is 0.359. The molecule has 2 rings (SSSR count). The first-order chi connectivity index (χ1) is 9.66. The van der Waals surface area contributed by atoms with Gasteiger partial charge in [-0.1, -0.05) is 26.0 Å². The van der Waals surface area contributed by atoms with Gasteiger partial charge in [-0.05, 0) is 28.1 Å². The molecule has 1 heterocycles. The number of halogens is 1. The van der Waals surface area contributed by atoms with Crippen molar-refractivity contribution in [2.75, 3.05) is 0 Å². The number of rotatable bonds is 6. The monoisotopic (exact) mass is 335 g/mol. The van der Waals surface area contributed by atoms with Crippen LogP contribution < -0.4 is 10.1 Å². The summed E-state index contributed by atoms with van der Waals surface area (Å²) in [7, 11) is 0. The second-order valence-corrected chi connectivity index (χ2v) is 5.57. The predicted molar refractivity (Wildman–Crippen MR) is 82.5 cm³/mol. The summed E-state index contributed by atoms with van der Waals surface area (Å²) in [4.78, 5) is 8.32. The summed E-state index contributed by atoms with van der Waals surface area (Å²) < 4.78 is 6.82. The molecule has 106 valence electrons. The first kappa shape index (κ1) is 14.9. The third kappa shape index (κ3) is 4.28. The van der Waals surface area contributed by atoms with Crippen LogP contribution in [0.5, 0.6) is 5.75 Å². The van der Waals surface area contributed by atoms with E-state index >= 15 is 0 Å². The van der Waals surface area contributed by atoms with Gasteiger partial charge in [-0.2, -0.15) is 0 Å². The van der Waals surface area contributed by atoms with Gasteiger partial charge in [0.2, 0.25) is 0 Å². The van der Waals surface area contributed by atoms with Crippen molar-refractivity contribution in [3.05, 3.63) is 52.5 Å². The van der Waals surface area contributed by atoms with Crippen LogP contribution in [0.1, 0.15) is 25.2 Å². The van der Waals surface area contributed by atoms with Crippen molar-refractivity contribution in [2.24, 2.45) is 0 Å². The quantitative estimate of drug-likeness (QED) is 0.879. The number of hydrogen-bond donors (Lipinski definition) is 1. The first-order valence-electron chi connectivity index (χ1n) is 6.56. The van der Waals surface area contributed by atoms with Gasteiger partial charge < -0.3 is 10.1 Å². The highest BCUT2D eigenvalue weighted by Gasteiger charge is 2.09. The van der Waals surface area contributed by atoms with E-state index < -0.39 is 0 Å². The highest BCUT2D eigenvalue weighted by atomic mass is 79.9. The summed E-state index contributed by atoms with van der Waals surface area (Å²) in [5, 5.41) is 3.40. The summed E-state index contributed by atoms with van der Waals surface area (Å²) in [5.74, 6) is 1.51. The molecule has 1 aromatic heterocycles. The molecule has 0 aliphatic rings. The molecule has 1 N–H and O–H groups in total. The van der Waals surface area contributed by atoms with Gasteiger partial charge in [-0.25, -0.2) is 9.97 Å². The smallest absolute Gasteiger partial charge is 0.166 e. The number of nitrogens with zero attached hydrogens (tertiary/aromatic N) is 2. The minimum atomic E-state index is 0.359. The Morgan fingerprint density at radius 2 is 1.95 bits per heavy atom. The van der Waals surface area contributed by atoms with E-state index in [2.05, 4.69) is 51.1 Å². The Balaban J connectivity index is 2.09. The van der Waals surface area contributed by atoms with Gasteiger partial charge in [-0.3, -0.25) is 0 Å². The van der Waals surface area contributed by atoms with Crippen molar-refractivity contribution in [3.63, 3.8) is 0 Å². The van der Waals surface area contributed by atoms with Crippen molar-refractivity contribution in [1.82, 2.24) is 15.3 Å². The van der Waals surface area contributed by atoms with Crippen molar-refractivity contribution >= 4 is 15.9 Å². The van der Waals surface area contributed by atoms with E-state index in [4.69, 9.17) is 4.74 Å². The highest BCUT2D eigenvalue weighted by Crippen LogP contribution is 2.29. The molecule has 0 fully saturated rings. The molecule has 20 heavy (non-hydrogen) atoms. The van der Waals surface area contributed by atoms with Crippen molar-refractivity contribution in [2.45, 2.75) is 33.0 Å². The van der Waals surface area contributed by atoms with Gasteiger partial charge in [0.15, 0.2) is 5.82 Å². The Bertz CT molecular complexity index is 546. The number of ether oxygens (including phenoxy) is 1. The lowest BCUT2D eigenvalue weighted by molar-refractivity contribution is 0.289. The van der Waals surface area contributed by atoms with Crippen molar-refractivity contribution in [1.29, 1.82) is 0 Å². The molecule has 4 nitrogen and oxygen atoms in total. The van der Waals surface area contributed by atoms with Gasteiger partial charge in [-0.15, -0.1) is 0 Å². The average Bonchev–Trinajstić information content (AvgIpc) is 2.45. The van der Waals surface area contributed by atoms with Gasteiger partial charge in [0.05, 0.1) is 4.47 Å². The fourth-order valence-corrected chi connectivity index (χ4v) is 2.23. The average molecular weight is 336 g/mol. The van der Waals surface area contributed by atoms with E-state index in [0.717, 1.165) is 22.3 Å². The zero-order chi connectivity index (χ0) is 14.4. The predicted octanol–water partition coefficient (Wildman–Crippen LogP) is 3.32. The van der Waals surface area contributed by atoms with Crippen molar-refractivity contribution in [3.8, 4) is 5.75 Å². The van der Waals surface area contributed by atoms with E-state index in [-0.39, 0.29) is 0 Å². The fraction of sp³-hybridized carbons (Fsp3) is 0.333. The molecule has 0 spiro atoms. The highest BCUT2D eigenvalue weighted by molar-refractivity contribution is 9.10. The maximum absolute atomic E-state index is 5.87. The number of benzene rings is 1. The van der Waals surface area contributed by atoms with Crippen molar-refractivity contribution < 1.29 is 4.74 Å². The fourth-order valence-electron chi connectivity index (χ4n) is 1.71. The zero-order valence-electron chi connectivity index (χ0n) is 11.6. The summed E-state index contributed by atoms with van der Waals surface area (Å²) in [6.45, 7) is 5.37. The molecule has 0 saturated carbocycles. The largest absolute Gasteiger partial charge is 0.484 e. The van der Waals surface area contributed by atoms with Crippen LogP contribution in [-0.4, -0.2) is 16.0 Å². The number of para-hydroxylation sites is 1. The molecule has 0 saturated heterocycles. The maximum Gasteiger partial charge on any atom is 0.166 e. The Labute approximate surface area is 127 Å². The van der Waals surface area contributed by atoms with E-state index in [1.165, 1.54) is 0 Å². The molecule has 0 radical (unpaired) electrons. The van der Waals surface area contributed by atoms with Crippen LogP contribution in [0, 0.1) is 0 Å². The van der Waals surface area contributed by atoms with E-state index in [0.29, 0.717) is 18.5 Å². The number of nitrogens with one attached hydrogen (secondary N) is 1. The third-order valence-electron chi connectivity index (χ3n) is 2.71. The first-order valence-corrected chi connectivity index (χ1v) is 7.35. The molecule has 0 aliphatic carbocycles. The van der Waals surface area contributed by atoms with Crippen LogP contribution >= 0.6 is 15.9 Å². The molecular formula is C15H18BrN3O. The molecule has 5 heteroatoms. The van der Waals surface area contributed by atoms with Gasteiger partial charge in [0.25, 0.3) is 0 Å².